The van der Waals surface area contributed by atoms with E-state index in [0.29, 0.717) is 0 Å². The number of pyridine rings is 1. The number of fused-ring (bicyclic) bond motifs is 1. The lowest BCUT2D eigenvalue weighted by Crippen LogP contribution is -2.46. The predicted octanol–water partition coefficient (Wildman–Crippen LogP) is 2.18. The van der Waals surface area contributed by atoms with Gasteiger partial charge in [0, 0.05) is 31.9 Å². The molecule has 3 heterocycles. The van der Waals surface area contributed by atoms with Crippen LogP contribution in [0, 0.1) is 6.92 Å². The predicted molar refractivity (Wildman–Crippen MR) is 93.3 cm³/mol. The van der Waals surface area contributed by atoms with Gasteiger partial charge in [-0.2, -0.15) is 5.10 Å². The van der Waals surface area contributed by atoms with Gasteiger partial charge >= 0.3 is 0 Å². The molecule has 0 radical (unpaired) electrons. The Hall–Kier alpha value is -1.66. The van der Waals surface area contributed by atoms with Gasteiger partial charge in [0.15, 0.2) is 5.65 Å². The van der Waals surface area contributed by atoms with Gasteiger partial charge < -0.3 is 10.2 Å². The quantitative estimate of drug-likeness (QED) is 0.932. The van der Waals surface area contributed by atoms with Gasteiger partial charge in [-0.05, 0) is 26.3 Å². The summed E-state index contributed by atoms with van der Waals surface area (Å²) in [6, 6.07) is 2.16. The van der Waals surface area contributed by atoms with Crippen LogP contribution in [0.4, 0.5) is 0 Å². The smallest absolute Gasteiger partial charge is 0.254 e. The van der Waals surface area contributed by atoms with Crippen LogP contribution in [0.25, 0.3) is 11.0 Å². The van der Waals surface area contributed by atoms with Crippen molar-refractivity contribution in [1.82, 2.24) is 25.0 Å². The summed E-state index contributed by atoms with van der Waals surface area (Å²) >= 11 is 0. The van der Waals surface area contributed by atoms with Crippen LogP contribution in [0.2, 0.25) is 0 Å². The van der Waals surface area contributed by atoms with E-state index in [2.05, 4.69) is 29.2 Å². The van der Waals surface area contributed by atoms with E-state index in [4.69, 9.17) is 0 Å². The third-order valence-electron chi connectivity index (χ3n) is 4.34. The van der Waals surface area contributed by atoms with Crippen molar-refractivity contribution in [1.29, 1.82) is 0 Å². The molecule has 1 saturated heterocycles. The van der Waals surface area contributed by atoms with Crippen LogP contribution in [-0.4, -0.2) is 51.8 Å². The number of carbonyl (C=O) groups is 1. The van der Waals surface area contributed by atoms with E-state index in [0.717, 1.165) is 54.9 Å². The number of amides is 1. The molecule has 3 rings (SSSR count). The van der Waals surface area contributed by atoms with E-state index in [-0.39, 0.29) is 24.4 Å². The molecular formula is C16H24ClN5O. The van der Waals surface area contributed by atoms with Crippen molar-refractivity contribution < 1.29 is 4.79 Å². The molecule has 2 aromatic heterocycles. The molecule has 126 valence electrons. The Morgan fingerprint density at radius 3 is 2.74 bits per heavy atom. The minimum absolute atomic E-state index is 0. The number of aromatic nitrogens is 3. The Labute approximate surface area is 142 Å². The number of hydrogen-bond acceptors (Lipinski definition) is 4. The van der Waals surface area contributed by atoms with Crippen molar-refractivity contribution in [2.75, 3.05) is 26.2 Å². The van der Waals surface area contributed by atoms with Gasteiger partial charge in [-0.1, -0.05) is 6.92 Å². The number of nitrogens with zero attached hydrogens (tertiary/aromatic N) is 4. The summed E-state index contributed by atoms with van der Waals surface area (Å²) in [7, 11) is 0. The summed E-state index contributed by atoms with van der Waals surface area (Å²) < 4.78 is 1.93. The molecule has 7 heteroatoms. The fourth-order valence-corrected chi connectivity index (χ4v) is 2.85. The highest BCUT2D eigenvalue weighted by Gasteiger charge is 2.22. The molecule has 0 aliphatic carbocycles. The SMILES string of the molecule is CCC(C)n1ncc2c(C(=O)N3CCNCC3)cc(C)nc21.Cl. The monoisotopic (exact) mass is 337 g/mol. The largest absolute Gasteiger partial charge is 0.336 e. The van der Waals surface area contributed by atoms with Gasteiger partial charge in [-0.15, -0.1) is 12.4 Å². The molecule has 1 fully saturated rings. The van der Waals surface area contributed by atoms with Gasteiger partial charge in [0.25, 0.3) is 5.91 Å². The summed E-state index contributed by atoms with van der Waals surface area (Å²) in [6.07, 6.45) is 2.76. The molecule has 0 aromatic carbocycles. The van der Waals surface area contributed by atoms with Crippen molar-refractivity contribution in [3.63, 3.8) is 0 Å². The van der Waals surface area contributed by atoms with Crippen LogP contribution in [-0.2, 0) is 0 Å². The van der Waals surface area contributed by atoms with Gasteiger partial charge in [0.1, 0.15) is 0 Å². The van der Waals surface area contributed by atoms with E-state index in [1.807, 2.05) is 22.6 Å². The zero-order chi connectivity index (χ0) is 15.7. The van der Waals surface area contributed by atoms with Crippen LogP contribution >= 0.6 is 12.4 Å². The zero-order valence-electron chi connectivity index (χ0n) is 13.9. The first-order chi connectivity index (χ1) is 10.6. The molecule has 1 amide bonds. The lowest BCUT2D eigenvalue weighted by Gasteiger charge is -2.27. The normalized spacial score (nSPS) is 16.2. The maximum atomic E-state index is 12.8. The minimum atomic E-state index is 0. The lowest BCUT2D eigenvalue weighted by atomic mass is 10.1. The second-order valence-corrected chi connectivity index (χ2v) is 5.94. The summed E-state index contributed by atoms with van der Waals surface area (Å²) in [6.45, 7) is 9.38. The minimum Gasteiger partial charge on any atom is -0.336 e. The van der Waals surface area contributed by atoms with Gasteiger partial charge in [0.05, 0.1) is 23.2 Å². The lowest BCUT2D eigenvalue weighted by molar-refractivity contribution is 0.0737. The number of rotatable bonds is 3. The highest BCUT2D eigenvalue weighted by Crippen LogP contribution is 2.23. The Morgan fingerprint density at radius 2 is 2.09 bits per heavy atom. The van der Waals surface area contributed by atoms with Crippen molar-refractivity contribution in [2.45, 2.75) is 33.2 Å². The molecule has 1 N–H and O–H groups in total. The van der Waals surface area contributed by atoms with Crippen molar-refractivity contribution in [2.24, 2.45) is 0 Å². The highest BCUT2D eigenvalue weighted by atomic mass is 35.5. The van der Waals surface area contributed by atoms with Gasteiger partial charge in [-0.25, -0.2) is 9.67 Å². The Kier molecular flexibility index (Phi) is 5.59. The molecule has 6 nitrogen and oxygen atoms in total. The first-order valence-electron chi connectivity index (χ1n) is 7.96. The maximum Gasteiger partial charge on any atom is 0.254 e. The van der Waals surface area contributed by atoms with Crippen LogP contribution in [0.3, 0.4) is 0 Å². The molecule has 1 unspecified atom stereocenters. The first kappa shape index (κ1) is 17.7. The molecular weight excluding hydrogens is 314 g/mol. The number of aryl methyl sites for hydroxylation is 1. The van der Waals surface area contributed by atoms with Crippen molar-refractivity contribution in [3.8, 4) is 0 Å². The van der Waals surface area contributed by atoms with Crippen LogP contribution in [0.1, 0.15) is 42.4 Å². The highest BCUT2D eigenvalue weighted by molar-refractivity contribution is 6.05. The van der Waals surface area contributed by atoms with E-state index in [1.165, 1.54) is 0 Å². The van der Waals surface area contributed by atoms with E-state index >= 15 is 0 Å². The molecule has 1 aliphatic heterocycles. The zero-order valence-corrected chi connectivity index (χ0v) is 14.7. The Bertz CT molecular complexity index is 693. The summed E-state index contributed by atoms with van der Waals surface area (Å²) in [5.74, 6) is 0.0840. The number of piperazine rings is 1. The van der Waals surface area contributed by atoms with Crippen LogP contribution in [0.15, 0.2) is 12.3 Å². The van der Waals surface area contributed by atoms with E-state index < -0.39 is 0 Å². The van der Waals surface area contributed by atoms with Crippen molar-refractivity contribution >= 4 is 29.3 Å². The molecule has 2 aromatic rings. The fourth-order valence-electron chi connectivity index (χ4n) is 2.85. The average Bonchev–Trinajstić information content (AvgIpc) is 2.97. The molecule has 23 heavy (non-hydrogen) atoms. The average molecular weight is 338 g/mol. The second-order valence-electron chi connectivity index (χ2n) is 5.94. The maximum absolute atomic E-state index is 12.8. The third kappa shape index (κ3) is 3.33. The number of halogens is 1. The molecule has 1 atom stereocenters. The molecule has 1 aliphatic rings. The van der Waals surface area contributed by atoms with Crippen molar-refractivity contribution in [3.05, 3.63) is 23.5 Å². The van der Waals surface area contributed by atoms with E-state index in [9.17, 15) is 4.79 Å². The number of nitrogens with one attached hydrogen (secondary N) is 1. The van der Waals surface area contributed by atoms with Crippen LogP contribution in [0.5, 0.6) is 0 Å². The molecule has 0 spiro atoms. The van der Waals surface area contributed by atoms with E-state index in [1.54, 1.807) is 6.20 Å². The second kappa shape index (κ2) is 7.27. The number of hydrogen-bond donors (Lipinski definition) is 1. The third-order valence-corrected chi connectivity index (χ3v) is 4.34. The molecule has 0 saturated carbocycles. The first-order valence-corrected chi connectivity index (χ1v) is 7.96. The summed E-state index contributed by atoms with van der Waals surface area (Å²) in [5, 5.41) is 8.60. The Balaban J connectivity index is 0.00000192. The number of carbonyl (C=O) groups excluding carboxylic acids is 1. The fraction of sp³-hybridized carbons (Fsp3) is 0.562. The topological polar surface area (TPSA) is 63.1 Å². The van der Waals surface area contributed by atoms with Crippen LogP contribution < -0.4 is 5.32 Å². The Morgan fingerprint density at radius 1 is 1.39 bits per heavy atom. The summed E-state index contributed by atoms with van der Waals surface area (Å²) in [4.78, 5) is 19.4. The standard InChI is InChI=1S/C16H23N5O.ClH/c1-4-12(3)21-15-14(10-18-21)13(9-11(2)19-15)16(22)20-7-5-17-6-8-20;/h9-10,12,17H,4-8H2,1-3H3;1H. The van der Waals surface area contributed by atoms with Gasteiger partial charge in [0.2, 0.25) is 0 Å². The van der Waals surface area contributed by atoms with Gasteiger partial charge in [-0.3, -0.25) is 4.79 Å². The molecule has 0 bridgehead atoms. The summed E-state index contributed by atoms with van der Waals surface area (Å²) in [5.41, 5.74) is 2.39.